The number of nitrogens with one attached hydrogen (secondary N) is 2. The van der Waals surface area contributed by atoms with Crippen LogP contribution in [0.5, 0.6) is 5.75 Å². The second-order valence-corrected chi connectivity index (χ2v) is 6.88. The Balaban J connectivity index is 1.48. The number of ether oxygens (including phenoxy) is 1. The van der Waals surface area contributed by atoms with Crippen LogP contribution in [0.4, 0.5) is 0 Å². The van der Waals surface area contributed by atoms with Gasteiger partial charge in [0.25, 0.3) is 0 Å². The molecule has 2 heterocycles. The van der Waals surface area contributed by atoms with Crippen LogP contribution in [0.15, 0.2) is 42.6 Å². The molecular formula is C19H24N4O. The number of aromatic nitrogens is 3. The SMILES string of the molecule is CC(C)(C)c1cc(CNCCOc2cccc3cccnc23)[nH]n1. The molecule has 2 aromatic heterocycles. The van der Waals surface area contributed by atoms with E-state index in [0.29, 0.717) is 6.61 Å². The Bertz CT molecular complexity index is 799. The van der Waals surface area contributed by atoms with E-state index in [1.807, 2.05) is 30.3 Å². The summed E-state index contributed by atoms with van der Waals surface area (Å²) in [6, 6.07) is 12.1. The third kappa shape index (κ3) is 3.92. The first-order valence-corrected chi connectivity index (χ1v) is 8.26. The summed E-state index contributed by atoms with van der Waals surface area (Å²) in [5.41, 5.74) is 3.15. The number of H-pyrrole nitrogens is 1. The Hall–Kier alpha value is -2.40. The monoisotopic (exact) mass is 324 g/mol. The molecule has 1 aromatic carbocycles. The summed E-state index contributed by atoms with van der Waals surface area (Å²) >= 11 is 0. The van der Waals surface area contributed by atoms with E-state index in [1.165, 1.54) is 0 Å². The summed E-state index contributed by atoms with van der Waals surface area (Å²) < 4.78 is 5.87. The van der Waals surface area contributed by atoms with E-state index in [9.17, 15) is 0 Å². The predicted octanol–water partition coefficient (Wildman–Crippen LogP) is 3.42. The first-order valence-electron chi connectivity index (χ1n) is 8.26. The fourth-order valence-corrected chi connectivity index (χ4v) is 2.49. The van der Waals surface area contributed by atoms with Crippen molar-refractivity contribution in [3.8, 4) is 5.75 Å². The van der Waals surface area contributed by atoms with Crippen molar-refractivity contribution in [3.63, 3.8) is 0 Å². The number of hydrogen-bond donors (Lipinski definition) is 2. The normalized spacial score (nSPS) is 11.8. The van der Waals surface area contributed by atoms with Crippen molar-refractivity contribution < 1.29 is 4.74 Å². The average Bonchev–Trinajstić information content (AvgIpc) is 3.04. The van der Waals surface area contributed by atoms with E-state index in [2.05, 4.69) is 47.3 Å². The summed E-state index contributed by atoms with van der Waals surface area (Å²) in [4.78, 5) is 4.39. The highest BCUT2D eigenvalue weighted by Gasteiger charge is 2.16. The standard InChI is InChI=1S/C19H24N4O/c1-19(2,3)17-12-15(22-23-17)13-20-10-11-24-16-8-4-6-14-7-5-9-21-18(14)16/h4-9,12,20H,10-11,13H2,1-3H3,(H,22,23). The van der Waals surface area contributed by atoms with E-state index in [1.54, 1.807) is 6.20 Å². The lowest BCUT2D eigenvalue weighted by atomic mass is 9.92. The number of hydrogen-bond acceptors (Lipinski definition) is 4. The Labute approximate surface area is 142 Å². The first kappa shape index (κ1) is 16.5. The summed E-state index contributed by atoms with van der Waals surface area (Å²) in [7, 11) is 0. The predicted molar refractivity (Wildman–Crippen MR) is 96.2 cm³/mol. The van der Waals surface area contributed by atoms with Gasteiger partial charge in [0.05, 0.1) is 5.69 Å². The van der Waals surface area contributed by atoms with Crippen molar-refractivity contribution in [2.75, 3.05) is 13.2 Å². The molecule has 0 saturated carbocycles. The molecule has 0 saturated heterocycles. The Morgan fingerprint density at radius 2 is 2.00 bits per heavy atom. The molecule has 126 valence electrons. The quantitative estimate of drug-likeness (QED) is 0.682. The van der Waals surface area contributed by atoms with Gasteiger partial charge in [-0.2, -0.15) is 5.10 Å². The highest BCUT2D eigenvalue weighted by molar-refractivity contribution is 5.84. The van der Waals surface area contributed by atoms with Crippen molar-refractivity contribution in [2.24, 2.45) is 0 Å². The lowest BCUT2D eigenvalue weighted by molar-refractivity contribution is 0.316. The van der Waals surface area contributed by atoms with Gasteiger partial charge in [-0.25, -0.2) is 0 Å². The smallest absolute Gasteiger partial charge is 0.145 e. The van der Waals surface area contributed by atoms with Crippen LogP contribution in [0.1, 0.15) is 32.2 Å². The maximum Gasteiger partial charge on any atom is 0.145 e. The van der Waals surface area contributed by atoms with Gasteiger partial charge in [-0.15, -0.1) is 0 Å². The second-order valence-electron chi connectivity index (χ2n) is 6.88. The summed E-state index contributed by atoms with van der Waals surface area (Å²) in [6.45, 7) is 8.58. The van der Waals surface area contributed by atoms with Crippen LogP contribution >= 0.6 is 0 Å². The molecule has 0 atom stereocenters. The molecule has 2 N–H and O–H groups in total. The number of rotatable bonds is 6. The van der Waals surface area contributed by atoms with E-state index in [4.69, 9.17) is 4.74 Å². The van der Waals surface area contributed by atoms with Gasteiger partial charge in [0.2, 0.25) is 0 Å². The third-order valence-electron chi connectivity index (χ3n) is 3.85. The molecule has 0 unspecified atom stereocenters. The molecule has 0 fully saturated rings. The van der Waals surface area contributed by atoms with Crippen molar-refractivity contribution in [1.82, 2.24) is 20.5 Å². The summed E-state index contributed by atoms with van der Waals surface area (Å²) in [5.74, 6) is 0.825. The average molecular weight is 324 g/mol. The van der Waals surface area contributed by atoms with Crippen LogP contribution in [-0.2, 0) is 12.0 Å². The number of nitrogens with zero attached hydrogens (tertiary/aromatic N) is 2. The zero-order valence-electron chi connectivity index (χ0n) is 14.5. The van der Waals surface area contributed by atoms with E-state index < -0.39 is 0 Å². The van der Waals surface area contributed by atoms with Crippen molar-refractivity contribution in [1.29, 1.82) is 0 Å². The van der Waals surface area contributed by atoms with Crippen LogP contribution in [0.3, 0.4) is 0 Å². The number of fused-ring (bicyclic) bond motifs is 1. The lowest BCUT2D eigenvalue weighted by Gasteiger charge is -2.13. The summed E-state index contributed by atoms with van der Waals surface area (Å²) in [5, 5.41) is 11.9. The van der Waals surface area contributed by atoms with E-state index in [0.717, 1.165) is 41.1 Å². The molecule has 5 nitrogen and oxygen atoms in total. The minimum absolute atomic E-state index is 0.0687. The zero-order valence-corrected chi connectivity index (χ0v) is 14.5. The largest absolute Gasteiger partial charge is 0.490 e. The molecular weight excluding hydrogens is 300 g/mol. The van der Waals surface area contributed by atoms with Gasteiger partial charge in [-0.3, -0.25) is 10.1 Å². The highest BCUT2D eigenvalue weighted by Crippen LogP contribution is 2.22. The fourth-order valence-electron chi connectivity index (χ4n) is 2.49. The van der Waals surface area contributed by atoms with Gasteiger partial charge >= 0.3 is 0 Å². The number of pyridine rings is 1. The van der Waals surface area contributed by atoms with Gasteiger partial charge in [-0.1, -0.05) is 39.0 Å². The topological polar surface area (TPSA) is 62.8 Å². The molecule has 0 aliphatic heterocycles. The van der Waals surface area contributed by atoms with E-state index >= 15 is 0 Å². The molecule has 5 heteroatoms. The number of benzene rings is 1. The van der Waals surface area contributed by atoms with Gasteiger partial charge in [-0.05, 0) is 18.2 Å². The molecule has 0 aliphatic rings. The third-order valence-corrected chi connectivity index (χ3v) is 3.85. The molecule has 0 aliphatic carbocycles. The highest BCUT2D eigenvalue weighted by atomic mass is 16.5. The summed E-state index contributed by atoms with van der Waals surface area (Å²) in [6.07, 6.45) is 1.79. The Morgan fingerprint density at radius 3 is 2.79 bits per heavy atom. The van der Waals surface area contributed by atoms with Crippen LogP contribution in [0.2, 0.25) is 0 Å². The Morgan fingerprint density at radius 1 is 1.17 bits per heavy atom. The molecule has 3 aromatic rings. The molecule has 0 spiro atoms. The van der Waals surface area contributed by atoms with Crippen molar-refractivity contribution in [3.05, 3.63) is 54.0 Å². The van der Waals surface area contributed by atoms with Crippen LogP contribution in [0, 0.1) is 0 Å². The van der Waals surface area contributed by atoms with E-state index in [-0.39, 0.29) is 5.41 Å². The minimum atomic E-state index is 0.0687. The maximum absolute atomic E-state index is 5.87. The van der Waals surface area contributed by atoms with Crippen LogP contribution in [0.25, 0.3) is 10.9 Å². The van der Waals surface area contributed by atoms with Crippen LogP contribution in [-0.4, -0.2) is 28.3 Å². The lowest BCUT2D eigenvalue weighted by Crippen LogP contribution is -2.20. The number of para-hydroxylation sites is 1. The zero-order chi connectivity index (χ0) is 17.0. The number of aromatic amines is 1. The molecule has 0 amide bonds. The van der Waals surface area contributed by atoms with Crippen molar-refractivity contribution >= 4 is 10.9 Å². The Kier molecular flexibility index (Phi) is 4.81. The molecule has 0 bridgehead atoms. The fraction of sp³-hybridized carbons (Fsp3) is 0.368. The van der Waals surface area contributed by atoms with Gasteiger partial charge < -0.3 is 10.1 Å². The minimum Gasteiger partial charge on any atom is -0.490 e. The molecule has 0 radical (unpaired) electrons. The van der Waals surface area contributed by atoms with Gasteiger partial charge in [0.1, 0.15) is 17.9 Å². The van der Waals surface area contributed by atoms with Crippen molar-refractivity contribution in [2.45, 2.75) is 32.7 Å². The molecule has 3 rings (SSSR count). The first-order chi connectivity index (χ1) is 11.5. The molecule has 24 heavy (non-hydrogen) atoms. The maximum atomic E-state index is 5.87. The second kappa shape index (κ2) is 7.01. The van der Waals surface area contributed by atoms with Gasteiger partial charge in [0.15, 0.2) is 0 Å². The van der Waals surface area contributed by atoms with Crippen LogP contribution < -0.4 is 10.1 Å². The van der Waals surface area contributed by atoms with Gasteiger partial charge in [0, 0.05) is 35.8 Å².